The van der Waals surface area contributed by atoms with Crippen molar-refractivity contribution in [1.29, 1.82) is 0 Å². The predicted octanol–water partition coefficient (Wildman–Crippen LogP) is 1.40. The highest BCUT2D eigenvalue weighted by Gasteiger charge is 2.32. The number of ketones is 1. The first kappa shape index (κ1) is 15.8. The summed E-state index contributed by atoms with van der Waals surface area (Å²) < 4.78 is 9.60. The fourth-order valence-electron chi connectivity index (χ4n) is 1.58. The van der Waals surface area contributed by atoms with E-state index in [9.17, 15) is 14.4 Å². The van der Waals surface area contributed by atoms with E-state index in [2.05, 4.69) is 4.98 Å². The van der Waals surface area contributed by atoms with Crippen molar-refractivity contribution >= 4 is 17.7 Å². The summed E-state index contributed by atoms with van der Waals surface area (Å²) in [5.74, 6) is -3.09. The maximum atomic E-state index is 12.0. The molecule has 0 N–H and O–H groups in total. The molecule has 1 aromatic rings. The molecular formula is C14H17NO5. The monoisotopic (exact) mass is 279 g/mol. The maximum Gasteiger partial charge on any atom is 0.320 e. The number of Topliss-reactive ketones (excluding diaryl/α,β-unsaturated/α-hetero) is 1. The summed E-state index contributed by atoms with van der Waals surface area (Å²) >= 11 is 0. The van der Waals surface area contributed by atoms with Gasteiger partial charge in [0.2, 0.25) is 0 Å². The topological polar surface area (TPSA) is 82.6 Å². The van der Waals surface area contributed by atoms with E-state index in [4.69, 9.17) is 9.47 Å². The van der Waals surface area contributed by atoms with Crippen LogP contribution in [0.2, 0.25) is 0 Å². The Morgan fingerprint density at radius 2 is 1.75 bits per heavy atom. The number of hydrogen-bond acceptors (Lipinski definition) is 6. The van der Waals surface area contributed by atoms with Crippen molar-refractivity contribution in [1.82, 2.24) is 4.98 Å². The lowest BCUT2D eigenvalue weighted by Crippen LogP contribution is -2.30. The van der Waals surface area contributed by atoms with Crippen molar-refractivity contribution in [3.63, 3.8) is 0 Å². The van der Waals surface area contributed by atoms with Gasteiger partial charge in [0.1, 0.15) is 0 Å². The molecule has 0 aromatic carbocycles. The molecule has 0 saturated carbocycles. The van der Waals surface area contributed by atoms with Crippen molar-refractivity contribution in [2.24, 2.45) is 5.92 Å². The third-order valence-electron chi connectivity index (χ3n) is 2.52. The Bertz CT molecular complexity index is 454. The summed E-state index contributed by atoms with van der Waals surface area (Å²) in [6.45, 7) is 3.53. The fraction of sp³-hybridized carbons (Fsp3) is 0.429. The van der Waals surface area contributed by atoms with Gasteiger partial charge in [-0.2, -0.15) is 0 Å². The summed E-state index contributed by atoms with van der Waals surface area (Å²) in [5.41, 5.74) is 0.339. The van der Waals surface area contributed by atoms with E-state index in [1.165, 1.54) is 12.4 Å². The number of carbonyl (C=O) groups excluding carboxylic acids is 3. The van der Waals surface area contributed by atoms with Gasteiger partial charge in [-0.1, -0.05) is 0 Å². The molecule has 6 nitrogen and oxygen atoms in total. The summed E-state index contributed by atoms with van der Waals surface area (Å²) in [5, 5.41) is 0. The first-order valence-corrected chi connectivity index (χ1v) is 6.36. The number of ether oxygens (including phenoxy) is 2. The zero-order valence-electron chi connectivity index (χ0n) is 11.5. The van der Waals surface area contributed by atoms with Crippen LogP contribution < -0.4 is 0 Å². The SMILES string of the molecule is CCOC(=O)C(CC(=O)c1cccnc1)C(=O)OCC. The molecule has 0 radical (unpaired) electrons. The minimum Gasteiger partial charge on any atom is -0.465 e. The van der Waals surface area contributed by atoms with Gasteiger partial charge in [0.05, 0.1) is 13.2 Å². The number of nitrogens with zero attached hydrogens (tertiary/aromatic N) is 1. The van der Waals surface area contributed by atoms with Crippen LogP contribution in [-0.2, 0) is 19.1 Å². The average molecular weight is 279 g/mol. The van der Waals surface area contributed by atoms with Crippen LogP contribution in [0, 0.1) is 5.92 Å². The number of esters is 2. The number of carbonyl (C=O) groups is 3. The molecule has 0 bridgehead atoms. The van der Waals surface area contributed by atoms with E-state index >= 15 is 0 Å². The van der Waals surface area contributed by atoms with Crippen molar-refractivity contribution < 1.29 is 23.9 Å². The van der Waals surface area contributed by atoms with Crippen molar-refractivity contribution in [3.8, 4) is 0 Å². The molecule has 0 aliphatic rings. The minimum absolute atomic E-state index is 0.135. The normalized spacial score (nSPS) is 10.2. The lowest BCUT2D eigenvalue weighted by Gasteiger charge is -2.13. The van der Waals surface area contributed by atoms with Crippen LogP contribution in [0.4, 0.5) is 0 Å². The molecule has 0 amide bonds. The molecule has 1 heterocycles. The summed E-state index contributed by atoms with van der Waals surface area (Å²) in [6, 6.07) is 3.18. The van der Waals surface area contributed by atoms with Crippen LogP contribution in [0.3, 0.4) is 0 Å². The molecule has 0 aliphatic heterocycles. The maximum absolute atomic E-state index is 12.0. The molecule has 0 aliphatic carbocycles. The Kier molecular flexibility index (Phi) is 6.36. The van der Waals surface area contributed by atoms with Gasteiger partial charge in [-0.15, -0.1) is 0 Å². The highest BCUT2D eigenvalue weighted by molar-refractivity contribution is 6.04. The second-order valence-electron chi connectivity index (χ2n) is 3.93. The molecule has 0 spiro atoms. The van der Waals surface area contributed by atoms with Gasteiger partial charge in [0, 0.05) is 24.4 Å². The van der Waals surface area contributed by atoms with Crippen LogP contribution >= 0.6 is 0 Å². The third-order valence-corrected chi connectivity index (χ3v) is 2.52. The van der Waals surface area contributed by atoms with Gasteiger partial charge in [-0.05, 0) is 26.0 Å². The molecule has 0 saturated heterocycles. The van der Waals surface area contributed by atoms with Crippen LogP contribution in [0.1, 0.15) is 30.6 Å². The quantitative estimate of drug-likeness (QED) is 0.426. The van der Waals surface area contributed by atoms with Crippen LogP contribution in [0.5, 0.6) is 0 Å². The minimum atomic E-state index is -1.23. The van der Waals surface area contributed by atoms with Gasteiger partial charge >= 0.3 is 11.9 Å². The Balaban J connectivity index is 2.81. The van der Waals surface area contributed by atoms with Gasteiger partial charge in [0.15, 0.2) is 11.7 Å². The number of aromatic nitrogens is 1. The van der Waals surface area contributed by atoms with E-state index in [1.54, 1.807) is 26.0 Å². The molecule has 6 heteroatoms. The molecule has 0 fully saturated rings. The molecule has 0 unspecified atom stereocenters. The van der Waals surface area contributed by atoms with Crippen LogP contribution in [0.15, 0.2) is 24.5 Å². The standard InChI is InChI=1S/C14H17NO5/c1-3-19-13(17)11(14(18)20-4-2)8-12(16)10-6-5-7-15-9-10/h5-7,9,11H,3-4,8H2,1-2H3. The van der Waals surface area contributed by atoms with Gasteiger partial charge in [-0.3, -0.25) is 19.4 Å². The number of rotatable bonds is 7. The molecule has 20 heavy (non-hydrogen) atoms. The van der Waals surface area contributed by atoms with Gasteiger partial charge in [0.25, 0.3) is 0 Å². The van der Waals surface area contributed by atoms with E-state index in [0.29, 0.717) is 5.56 Å². The smallest absolute Gasteiger partial charge is 0.320 e. The largest absolute Gasteiger partial charge is 0.465 e. The van der Waals surface area contributed by atoms with E-state index < -0.39 is 17.9 Å². The highest BCUT2D eigenvalue weighted by Crippen LogP contribution is 2.13. The first-order valence-electron chi connectivity index (χ1n) is 6.36. The highest BCUT2D eigenvalue weighted by atomic mass is 16.6. The first-order chi connectivity index (χ1) is 9.60. The number of hydrogen-bond donors (Lipinski definition) is 0. The number of pyridine rings is 1. The van der Waals surface area contributed by atoms with Crippen LogP contribution in [-0.4, -0.2) is 35.9 Å². The average Bonchev–Trinajstić information content (AvgIpc) is 2.45. The van der Waals surface area contributed by atoms with E-state index in [1.807, 2.05) is 0 Å². The zero-order valence-corrected chi connectivity index (χ0v) is 11.5. The summed E-state index contributed by atoms with van der Waals surface area (Å²) in [6.07, 6.45) is 2.63. The molecule has 108 valence electrons. The fourth-order valence-corrected chi connectivity index (χ4v) is 1.58. The molecular weight excluding hydrogens is 262 g/mol. The Morgan fingerprint density at radius 1 is 1.15 bits per heavy atom. The Labute approximate surface area is 117 Å². The van der Waals surface area contributed by atoms with Crippen LogP contribution in [0.25, 0.3) is 0 Å². The Hall–Kier alpha value is -2.24. The van der Waals surface area contributed by atoms with Gasteiger partial charge < -0.3 is 9.47 Å². The van der Waals surface area contributed by atoms with E-state index in [-0.39, 0.29) is 25.4 Å². The summed E-state index contributed by atoms with van der Waals surface area (Å²) in [4.78, 5) is 39.3. The lowest BCUT2D eigenvalue weighted by molar-refractivity contribution is -0.161. The predicted molar refractivity (Wildman–Crippen MR) is 69.9 cm³/mol. The van der Waals surface area contributed by atoms with Crippen molar-refractivity contribution in [2.75, 3.05) is 13.2 Å². The second kappa shape index (κ2) is 8.04. The second-order valence-corrected chi connectivity index (χ2v) is 3.93. The van der Waals surface area contributed by atoms with E-state index in [0.717, 1.165) is 0 Å². The zero-order chi connectivity index (χ0) is 15.0. The van der Waals surface area contributed by atoms with Crippen molar-refractivity contribution in [3.05, 3.63) is 30.1 Å². The molecule has 1 aromatic heterocycles. The van der Waals surface area contributed by atoms with Gasteiger partial charge in [-0.25, -0.2) is 0 Å². The summed E-state index contributed by atoms with van der Waals surface area (Å²) in [7, 11) is 0. The van der Waals surface area contributed by atoms with Crippen molar-refractivity contribution in [2.45, 2.75) is 20.3 Å². The molecule has 0 atom stereocenters. The molecule has 1 rings (SSSR count). The lowest BCUT2D eigenvalue weighted by atomic mass is 9.99. The third kappa shape index (κ3) is 4.46. The Morgan fingerprint density at radius 3 is 2.20 bits per heavy atom.